The van der Waals surface area contributed by atoms with Gasteiger partial charge in [0.1, 0.15) is 13.2 Å². The molecule has 144 valence electrons. The normalized spacial score (nSPS) is 18.7. The number of dihydropyridines is 1. The van der Waals surface area contributed by atoms with Gasteiger partial charge >= 0.3 is 11.9 Å². The Bertz CT molecular complexity index is 839. The van der Waals surface area contributed by atoms with Gasteiger partial charge < -0.3 is 24.3 Å². The summed E-state index contributed by atoms with van der Waals surface area (Å²) in [7, 11) is 1.31. The minimum Gasteiger partial charge on any atom is -0.486 e. The van der Waals surface area contributed by atoms with Crippen molar-refractivity contribution in [1.29, 1.82) is 0 Å². The van der Waals surface area contributed by atoms with Gasteiger partial charge in [-0.05, 0) is 26.8 Å². The van der Waals surface area contributed by atoms with Crippen LogP contribution in [-0.4, -0.2) is 38.9 Å². The SMILES string of the molecule is CCOC(=O)C1=C(C)NC(C)=C(C(=O)OC)C1c1cccc2c1OCCO2. The third-order valence-corrected chi connectivity index (χ3v) is 4.57. The predicted octanol–water partition coefficient (Wildman–Crippen LogP) is 2.43. The fraction of sp³-hybridized carbons (Fsp3) is 0.400. The lowest BCUT2D eigenvalue weighted by Gasteiger charge is -2.32. The first kappa shape index (κ1) is 18.8. The summed E-state index contributed by atoms with van der Waals surface area (Å²) in [6.45, 7) is 6.36. The molecule has 1 aromatic rings. The van der Waals surface area contributed by atoms with Crippen molar-refractivity contribution in [3.63, 3.8) is 0 Å². The first-order valence-corrected chi connectivity index (χ1v) is 8.82. The van der Waals surface area contributed by atoms with Crippen molar-refractivity contribution in [1.82, 2.24) is 5.32 Å². The molecule has 1 unspecified atom stereocenters. The van der Waals surface area contributed by atoms with Crippen LogP contribution in [0.4, 0.5) is 0 Å². The number of methoxy groups -OCH3 is 1. The molecule has 2 aliphatic heterocycles. The fourth-order valence-corrected chi connectivity index (χ4v) is 3.49. The number of fused-ring (bicyclic) bond motifs is 1. The second kappa shape index (κ2) is 7.73. The smallest absolute Gasteiger partial charge is 0.336 e. The number of benzene rings is 1. The van der Waals surface area contributed by atoms with Crippen molar-refractivity contribution in [3.8, 4) is 11.5 Å². The molecular formula is C20H23NO6. The van der Waals surface area contributed by atoms with Crippen LogP contribution in [0.3, 0.4) is 0 Å². The average molecular weight is 373 g/mol. The van der Waals surface area contributed by atoms with Crippen LogP contribution in [-0.2, 0) is 19.1 Å². The Balaban J connectivity index is 2.23. The number of allylic oxidation sites excluding steroid dienone is 2. The zero-order chi connectivity index (χ0) is 19.6. The van der Waals surface area contributed by atoms with Gasteiger partial charge in [0.15, 0.2) is 11.5 Å². The second-order valence-corrected chi connectivity index (χ2v) is 6.22. The Kier molecular flexibility index (Phi) is 5.39. The predicted molar refractivity (Wildman–Crippen MR) is 97.4 cm³/mol. The maximum Gasteiger partial charge on any atom is 0.336 e. The van der Waals surface area contributed by atoms with Crippen LogP contribution in [0.1, 0.15) is 32.3 Å². The van der Waals surface area contributed by atoms with Crippen LogP contribution < -0.4 is 14.8 Å². The van der Waals surface area contributed by atoms with E-state index in [1.165, 1.54) is 7.11 Å². The number of para-hydroxylation sites is 1. The molecule has 0 spiro atoms. The minimum atomic E-state index is -0.686. The number of nitrogens with one attached hydrogen (secondary N) is 1. The third-order valence-electron chi connectivity index (χ3n) is 4.57. The van der Waals surface area contributed by atoms with E-state index in [1.54, 1.807) is 26.8 Å². The van der Waals surface area contributed by atoms with E-state index in [-0.39, 0.29) is 6.61 Å². The quantitative estimate of drug-likeness (QED) is 0.812. The highest BCUT2D eigenvalue weighted by Crippen LogP contribution is 2.46. The van der Waals surface area contributed by atoms with Gasteiger partial charge in [0.05, 0.1) is 30.8 Å². The number of hydrogen-bond acceptors (Lipinski definition) is 7. The van der Waals surface area contributed by atoms with Crippen molar-refractivity contribution in [2.24, 2.45) is 0 Å². The van der Waals surface area contributed by atoms with Crippen molar-refractivity contribution < 1.29 is 28.5 Å². The van der Waals surface area contributed by atoms with E-state index in [2.05, 4.69) is 5.32 Å². The molecule has 1 N–H and O–H groups in total. The van der Waals surface area contributed by atoms with Crippen molar-refractivity contribution >= 4 is 11.9 Å². The fourth-order valence-electron chi connectivity index (χ4n) is 3.49. The summed E-state index contributed by atoms with van der Waals surface area (Å²) in [5.74, 6) is -0.585. The van der Waals surface area contributed by atoms with Gasteiger partial charge in [-0.25, -0.2) is 9.59 Å². The standard InChI is InChI=1S/C20H23NO6/c1-5-25-20(23)16-12(3)21-11(2)15(19(22)24-4)17(16)13-7-6-8-14-18(13)27-10-9-26-14/h6-8,17,21H,5,9-10H2,1-4H3. The summed E-state index contributed by atoms with van der Waals surface area (Å²) in [4.78, 5) is 25.4. The number of rotatable bonds is 4. The van der Waals surface area contributed by atoms with E-state index in [0.29, 0.717) is 52.8 Å². The Morgan fingerprint density at radius 2 is 1.78 bits per heavy atom. The van der Waals surface area contributed by atoms with E-state index >= 15 is 0 Å². The first-order chi connectivity index (χ1) is 13.0. The largest absolute Gasteiger partial charge is 0.486 e. The van der Waals surface area contributed by atoms with Gasteiger partial charge in [0.2, 0.25) is 0 Å². The molecule has 0 amide bonds. The van der Waals surface area contributed by atoms with Gasteiger partial charge in [0, 0.05) is 17.0 Å². The zero-order valence-electron chi connectivity index (χ0n) is 15.9. The third kappa shape index (κ3) is 3.37. The van der Waals surface area contributed by atoms with Crippen LogP contribution in [0.2, 0.25) is 0 Å². The lowest BCUT2D eigenvalue weighted by Crippen LogP contribution is -2.32. The van der Waals surface area contributed by atoms with Gasteiger partial charge in [-0.1, -0.05) is 12.1 Å². The number of esters is 2. The van der Waals surface area contributed by atoms with Gasteiger partial charge in [-0.15, -0.1) is 0 Å². The van der Waals surface area contributed by atoms with Crippen LogP contribution in [0.25, 0.3) is 0 Å². The Morgan fingerprint density at radius 3 is 2.44 bits per heavy atom. The molecular weight excluding hydrogens is 350 g/mol. The van der Waals surface area contributed by atoms with Crippen LogP contribution in [0, 0.1) is 0 Å². The lowest BCUT2D eigenvalue weighted by atomic mass is 9.80. The molecule has 3 rings (SSSR count). The van der Waals surface area contributed by atoms with E-state index in [0.717, 1.165) is 0 Å². The Morgan fingerprint density at radius 1 is 1.11 bits per heavy atom. The lowest BCUT2D eigenvalue weighted by molar-refractivity contribution is -0.139. The maximum absolute atomic E-state index is 12.8. The van der Waals surface area contributed by atoms with Gasteiger partial charge in [-0.2, -0.15) is 0 Å². The molecule has 0 saturated carbocycles. The topological polar surface area (TPSA) is 83.1 Å². The molecule has 2 heterocycles. The molecule has 1 atom stereocenters. The minimum absolute atomic E-state index is 0.227. The van der Waals surface area contributed by atoms with E-state index in [4.69, 9.17) is 18.9 Å². The highest BCUT2D eigenvalue weighted by Gasteiger charge is 2.40. The zero-order valence-corrected chi connectivity index (χ0v) is 15.9. The first-order valence-electron chi connectivity index (χ1n) is 8.82. The summed E-state index contributed by atoms with van der Waals surface area (Å²) in [6, 6.07) is 5.44. The van der Waals surface area contributed by atoms with Crippen molar-refractivity contribution in [3.05, 3.63) is 46.3 Å². The van der Waals surface area contributed by atoms with E-state index < -0.39 is 17.9 Å². The van der Waals surface area contributed by atoms with E-state index in [1.807, 2.05) is 12.1 Å². The molecule has 0 aromatic heterocycles. The van der Waals surface area contributed by atoms with Crippen molar-refractivity contribution in [2.75, 3.05) is 26.9 Å². The number of carbonyl (C=O) groups is 2. The highest BCUT2D eigenvalue weighted by molar-refractivity contribution is 6.00. The molecule has 0 saturated heterocycles. The molecule has 7 nitrogen and oxygen atoms in total. The van der Waals surface area contributed by atoms with Crippen molar-refractivity contribution in [2.45, 2.75) is 26.7 Å². The monoisotopic (exact) mass is 373 g/mol. The molecule has 0 aliphatic carbocycles. The molecule has 2 aliphatic rings. The molecule has 0 bridgehead atoms. The van der Waals surface area contributed by atoms with Crippen LogP contribution in [0.5, 0.6) is 11.5 Å². The van der Waals surface area contributed by atoms with Gasteiger partial charge in [-0.3, -0.25) is 0 Å². The summed E-state index contributed by atoms with van der Waals surface area (Å²) in [6.07, 6.45) is 0. The second-order valence-electron chi connectivity index (χ2n) is 6.22. The molecule has 7 heteroatoms. The van der Waals surface area contributed by atoms with Crippen LogP contribution in [0.15, 0.2) is 40.7 Å². The maximum atomic E-state index is 12.8. The summed E-state index contributed by atoms with van der Waals surface area (Å²) < 4.78 is 21.8. The number of carbonyl (C=O) groups excluding carboxylic acids is 2. The summed E-state index contributed by atoms with van der Waals surface area (Å²) >= 11 is 0. The molecule has 0 radical (unpaired) electrons. The Labute approximate surface area is 157 Å². The molecule has 27 heavy (non-hydrogen) atoms. The average Bonchev–Trinajstić information content (AvgIpc) is 2.66. The molecule has 0 fully saturated rings. The van der Waals surface area contributed by atoms with Gasteiger partial charge in [0.25, 0.3) is 0 Å². The van der Waals surface area contributed by atoms with Crippen LogP contribution >= 0.6 is 0 Å². The highest BCUT2D eigenvalue weighted by atomic mass is 16.6. The van der Waals surface area contributed by atoms with E-state index in [9.17, 15) is 9.59 Å². The summed E-state index contributed by atoms with van der Waals surface area (Å²) in [5, 5.41) is 3.10. The number of ether oxygens (including phenoxy) is 4. The molecule has 1 aromatic carbocycles. The number of hydrogen-bond donors (Lipinski definition) is 1. The summed E-state index contributed by atoms with van der Waals surface area (Å²) in [5.41, 5.74) is 2.60. The Hall–Kier alpha value is -2.96.